The predicted octanol–water partition coefficient (Wildman–Crippen LogP) is 3.09. The van der Waals surface area contributed by atoms with Gasteiger partial charge in [0.2, 0.25) is 0 Å². The van der Waals surface area contributed by atoms with Gasteiger partial charge < -0.3 is 15.5 Å². The van der Waals surface area contributed by atoms with Gasteiger partial charge in [-0.25, -0.2) is 9.18 Å². The third kappa shape index (κ3) is 3.30. The Morgan fingerprint density at radius 2 is 1.86 bits per heavy atom. The van der Waals surface area contributed by atoms with E-state index in [9.17, 15) is 19.1 Å². The lowest BCUT2D eigenvalue weighted by atomic mass is 10.1. The average Bonchev–Trinajstić information content (AvgIpc) is 2.43. The van der Waals surface area contributed by atoms with Crippen molar-refractivity contribution in [3.05, 3.63) is 56.9 Å². The molecular formula is C14H9FINO4. The van der Waals surface area contributed by atoms with Crippen molar-refractivity contribution in [2.45, 2.75) is 0 Å². The van der Waals surface area contributed by atoms with E-state index < -0.39 is 23.4 Å². The molecule has 0 fully saturated rings. The number of carbonyl (C=O) groups excluding carboxylic acids is 1. The smallest absolute Gasteiger partial charge is 0.337 e. The largest absolute Gasteiger partial charge is 0.507 e. The number of aromatic carboxylic acids is 1. The second-order valence-electron chi connectivity index (χ2n) is 4.08. The molecule has 108 valence electrons. The quantitative estimate of drug-likeness (QED) is 0.691. The van der Waals surface area contributed by atoms with E-state index in [4.69, 9.17) is 5.11 Å². The maximum absolute atomic E-state index is 13.7. The molecule has 2 aromatic carbocycles. The number of carboxylic acids is 1. The zero-order chi connectivity index (χ0) is 15.6. The SMILES string of the molecule is O=C(Nc1c(F)cccc1C(=O)O)c1cc(I)ccc1O. The number of anilines is 1. The molecule has 0 saturated carbocycles. The van der Waals surface area contributed by atoms with Crippen molar-refractivity contribution >= 4 is 40.2 Å². The molecule has 0 spiro atoms. The molecule has 2 rings (SSSR count). The molecule has 0 unspecified atom stereocenters. The Hall–Kier alpha value is -2.16. The van der Waals surface area contributed by atoms with Crippen LogP contribution in [0.25, 0.3) is 0 Å². The van der Waals surface area contributed by atoms with E-state index in [1.54, 1.807) is 6.07 Å². The monoisotopic (exact) mass is 401 g/mol. The second-order valence-corrected chi connectivity index (χ2v) is 5.33. The fraction of sp³-hybridized carbons (Fsp3) is 0. The van der Waals surface area contributed by atoms with Crippen LogP contribution in [0.3, 0.4) is 0 Å². The van der Waals surface area contributed by atoms with Gasteiger partial charge in [-0.05, 0) is 52.9 Å². The van der Waals surface area contributed by atoms with E-state index in [1.165, 1.54) is 24.3 Å². The number of amides is 1. The first-order valence-electron chi connectivity index (χ1n) is 5.72. The van der Waals surface area contributed by atoms with Crippen molar-refractivity contribution in [1.82, 2.24) is 0 Å². The lowest BCUT2D eigenvalue weighted by Crippen LogP contribution is -2.16. The Morgan fingerprint density at radius 1 is 1.14 bits per heavy atom. The number of aromatic hydroxyl groups is 1. The summed E-state index contributed by atoms with van der Waals surface area (Å²) in [6.07, 6.45) is 0. The van der Waals surface area contributed by atoms with Gasteiger partial charge in [-0.2, -0.15) is 0 Å². The number of para-hydroxylation sites is 1. The Morgan fingerprint density at radius 3 is 2.52 bits per heavy atom. The van der Waals surface area contributed by atoms with Gasteiger partial charge in [0, 0.05) is 3.57 Å². The highest BCUT2D eigenvalue weighted by molar-refractivity contribution is 14.1. The number of halogens is 2. The third-order valence-corrected chi connectivity index (χ3v) is 3.36. The van der Waals surface area contributed by atoms with Crippen LogP contribution in [-0.2, 0) is 0 Å². The molecule has 2 aromatic rings. The molecule has 1 amide bonds. The normalized spacial score (nSPS) is 10.2. The first-order valence-corrected chi connectivity index (χ1v) is 6.79. The molecule has 0 aliphatic carbocycles. The van der Waals surface area contributed by atoms with Crippen molar-refractivity contribution in [3.8, 4) is 5.75 Å². The number of carbonyl (C=O) groups is 2. The van der Waals surface area contributed by atoms with Crippen LogP contribution >= 0.6 is 22.6 Å². The molecule has 0 aliphatic rings. The number of nitrogens with one attached hydrogen (secondary N) is 1. The molecule has 0 atom stereocenters. The summed E-state index contributed by atoms with van der Waals surface area (Å²) in [4.78, 5) is 23.1. The molecule has 7 heteroatoms. The van der Waals surface area contributed by atoms with E-state index in [0.29, 0.717) is 3.57 Å². The minimum atomic E-state index is -1.36. The maximum atomic E-state index is 13.7. The van der Waals surface area contributed by atoms with Crippen LogP contribution in [0.1, 0.15) is 20.7 Å². The maximum Gasteiger partial charge on any atom is 0.337 e. The van der Waals surface area contributed by atoms with Crippen LogP contribution in [0.4, 0.5) is 10.1 Å². The van der Waals surface area contributed by atoms with Crippen molar-refractivity contribution in [3.63, 3.8) is 0 Å². The van der Waals surface area contributed by atoms with Crippen LogP contribution in [-0.4, -0.2) is 22.1 Å². The Labute approximate surface area is 132 Å². The number of rotatable bonds is 3. The molecule has 0 aromatic heterocycles. The number of phenols is 1. The highest BCUT2D eigenvalue weighted by Gasteiger charge is 2.19. The standard InChI is InChI=1S/C14H9FINO4/c15-10-3-1-2-8(14(20)21)12(10)17-13(19)9-6-7(16)4-5-11(9)18/h1-6,18H,(H,17,19)(H,20,21). The first-order chi connectivity index (χ1) is 9.90. The second kappa shape index (κ2) is 6.08. The fourth-order valence-electron chi connectivity index (χ4n) is 1.70. The Bertz CT molecular complexity index is 733. The van der Waals surface area contributed by atoms with E-state index in [0.717, 1.165) is 6.07 Å². The van der Waals surface area contributed by atoms with Gasteiger partial charge in [-0.1, -0.05) is 6.07 Å². The minimum absolute atomic E-state index is 0.0681. The van der Waals surface area contributed by atoms with Crippen LogP contribution in [0.5, 0.6) is 5.75 Å². The van der Waals surface area contributed by atoms with Crippen LogP contribution in [0.2, 0.25) is 0 Å². The summed E-state index contributed by atoms with van der Waals surface area (Å²) in [6, 6.07) is 7.78. The summed E-state index contributed by atoms with van der Waals surface area (Å²) in [5, 5.41) is 20.8. The summed E-state index contributed by atoms with van der Waals surface area (Å²) in [7, 11) is 0. The van der Waals surface area contributed by atoms with Crippen molar-refractivity contribution in [2.75, 3.05) is 5.32 Å². The topological polar surface area (TPSA) is 86.6 Å². The van der Waals surface area contributed by atoms with Crippen molar-refractivity contribution < 1.29 is 24.2 Å². The van der Waals surface area contributed by atoms with E-state index >= 15 is 0 Å². The fourth-order valence-corrected chi connectivity index (χ4v) is 2.19. The zero-order valence-electron chi connectivity index (χ0n) is 10.4. The van der Waals surface area contributed by atoms with Crippen LogP contribution in [0, 0.1) is 9.39 Å². The number of hydrogen-bond acceptors (Lipinski definition) is 3. The van der Waals surface area contributed by atoms with E-state index in [1.807, 2.05) is 22.6 Å². The molecule has 0 heterocycles. The van der Waals surface area contributed by atoms with Crippen LogP contribution in [0.15, 0.2) is 36.4 Å². The molecular weight excluding hydrogens is 392 g/mol. The molecule has 0 aliphatic heterocycles. The number of hydrogen-bond donors (Lipinski definition) is 3. The number of benzene rings is 2. The van der Waals surface area contributed by atoms with Crippen molar-refractivity contribution in [1.29, 1.82) is 0 Å². The Balaban J connectivity index is 2.41. The number of phenolic OH excluding ortho intramolecular Hbond substituents is 1. The third-order valence-electron chi connectivity index (χ3n) is 2.69. The van der Waals surface area contributed by atoms with Crippen LogP contribution < -0.4 is 5.32 Å². The van der Waals surface area contributed by atoms with Gasteiger partial charge in [0.1, 0.15) is 11.6 Å². The summed E-state index contributed by atoms with van der Waals surface area (Å²) in [6.45, 7) is 0. The molecule has 5 nitrogen and oxygen atoms in total. The van der Waals surface area contributed by atoms with Gasteiger partial charge in [-0.15, -0.1) is 0 Å². The Kier molecular flexibility index (Phi) is 4.41. The molecule has 3 N–H and O–H groups in total. The van der Waals surface area contributed by atoms with Gasteiger partial charge >= 0.3 is 5.97 Å². The number of carboxylic acid groups (broad SMARTS) is 1. The summed E-state index contributed by atoms with van der Waals surface area (Å²) < 4.78 is 14.4. The van der Waals surface area contributed by atoms with E-state index in [-0.39, 0.29) is 16.9 Å². The lowest BCUT2D eigenvalue weighted by molar-refractivity contribution is 0.0697. The predicted molar refractivity (Wildman–Crippen MR) is 82.1 cm³/mol. The lowest BCUT2D eigenvalue weighted by Gasteiger charge is -2.10. The zero-order valence-corrected chi connectivity index (χ0v) is 12.6. The van der Waals surface area contributed by atoms with E-state index in [2.05, 4.69) is 5.32 Å². The first kappa shape index (κ1) is 15.2. The minimum Gasteiger partial charge on any atom is -0.507 e. The molecule has 21 heavy (non-hydrogen) atoms. The molecule has 0 radical (unpaired) electrons. The molecule has 0 saturated heterocycles. The summed E-state index contributed by atoms with van der Waals surface area (Å²) >= 11 is 1.95. The highest BCUT2D eigenvalue weighted by atomic mass is 127. The molecule has 0 bridgehead atoms. The van der Waals surface area contributed by atoms with Gasteiger partial charge in [0.05, 0.1) is 16.8 Å². The summed E-state index contributed by atoms with van der Waals surface area (Å²) in [5.41, 5.74) is -0.872. The van der Waals surface area contributed by atoms with Crippen molar-refractivity contribution in [2.24, 2.45) is 0 Å². The summed E-state index contributed by atoms with van der Waals surface area (Å²) in [5.74, 6) is -3.30. The average molecular weight is 401 g/mol. The van der Waals surface area contributed by atoms with Gasteiger partial charge in [0.25, 0.3) is 5.91 Å². The van der Waals surface area contributed by atoms with Gasteiger partial charge in [-0.3, -0.25) is 4.79 Å². The highest BCUT2D eigenvalue weighted by Crippen LogP contribution is 2.24. The van der Waals surface area contributed by atoms with Gasteiger partial charge in [0.15, 0.2) is 0 Å².